The summed E-state index contributed by atoms with van der Waals surface area (Å²) in [6.45, 7) is 8.66. The Labute approximate surface area is 177 Å². The first-order valence-corrected chi connectivity index (χ1v) is 10.3. The number of benzene rings is 2. The van der Waals surface area contributed by atoms with Gasteiger partial charge in [0.15, 0.2) is 23.0 Å². The zero-order valence-electron chi connectivity index (χ0n) is 17.9. The number of methoxy groups -OCH3 is 1. The van der Waals surface area contributed by atoms with E-state index in [2.05, 4.69) is 24.1 Å². The molecule has 7 heteroatoms. The molecule has 1 aliphatic rings. The van der Waals surface area contributed by atoms with Crippen LogP contribution in [-0.2, 0) is 11.2 Å². The van der Waals surface area contributed by atoms with Crippen molar-refractivity contribution in [3.05, 3.63) is 42.0 Å². The third kappa shape index (κ3) is 5.79. The molecule has 0 spiro atoms. The number of rotatable bonds is 10. The minimum atomic E-state index is -0.120. The Morgan fingerprint density at radius 3 is 2.53 bits per heavy atom. The van der Waals surface area contributed by atoms with E-state index >= 15 is 0 Å². The Morgan fingerprint density at radius 1 is 1.03 bits per heavy atom. The SMILES string of the molecule is CCN(CC)CCOc1cc(NC(=O)Cc2ccc3c(c2)OCCO3)ccc1OC. The van der Waals surface area contributed by atoms with Gasteiger partial charge in [-0.2, -0.15) is 0 Å². The molecule has 162 valence electrons. The Balaban J connectivity index is 1.60. The molecule has 0 unspecified atom stereocenters. The summed E-state index contributed by atoms with van der Waals surface area (Å²) < 4.78 is 22.4. The lowest BCUT2D eigenvalue weighted by Gasteiger charge is -2.19. The molecule has 0 radical (unpaired) electrons. The fourth-order valence-corrected chi connectivity index (χ4v) is 3.28. The van der Waals surface area contributed by atoms with Crippen LogP contribution in [0.5, 0.6) is 23.0 Å². The Morgan fingerprint density at radius 2 is 1.80 bits per heavy atom. The van der Waals surface area contributed by atoms with Gasteiger partial charge in [0, 0.05) is 18.3 Å². The highest BCUT2D eigenvalue weighted by molar-refractivity contribution is 5.92. The summed E-state index contributed by atoms with van der Waals surface area (Å²) >= 11 is 0. The number of likely N-dealkylation sites (N-methyl/N-ethyl adjacent to an activating group) is 1. The number of ether oxygens (including phenoxy) is 4. The van der Waals surface area contributed by atoms with Crippen molar-refractivity contribution >= 4 is 11.6 Å². The van der Waals surface area contributed by atoms with Crippen molar-refractivity contribution in [3.63, 3.8) is 0 Å². The summed E-state index contributed by atoms with van der Waals surface area (Å²) in [6.07, 6.45) is 0.237. The van der Waals surface area contributed by atoms with E-state index in [1.807, 2.05) is 18.2 Å². The molecule has 0 bridgehead atoms. The van der Waals surface area contributed by atoms with Crippen molar-refractivity contribution in [2.75, 3.05) is 51.9 Å². The zero-order valence-corrected chi connectivity index (χ0v) is 17.9. The van der Waals surface area contributed by atoms with Gasteiger partial charge in [-0.05, 0) is 42.9 Å². The maximum Gasteiger partial charge on any atom is 0.228 e. The molecule has 0 aliphatic carbocycles. The van der Waals surface area contributed by atoms with Gasteiger partial charge in [0.05, 0.1) is 13.5 Å². The number of fused-ring (bicyclic) bond motifs is 1. The molecule has 0 aromatic heterocycles. The van der Waals surface area contributed by atoms with Crippen molar-refractivity contribution in [3.8, 4) is 23.0 Å². The van der Waals surface area contributed by atoms with Crippen LogP contribution < -0.4 is 24.3 Å². The first-order valence-electron chi connectivity index (χ1n) is 10.3. The number of amides is 1. The van der Waals surface area contributed by atoms with Crippen LogP contribution in [0.15, 0.2) is 36.4 Å². The van der Waals surface area contributed by atoms with Crippen molar-refractivity contribution in [1.29, 1.82) is 0 Å². The van der Waals surface area contributed by atoms with E-state index < -0.39 is 0 Å². The van der Waals surface area contributed by atoms with Crippen LogP contribution in [0.1, 0.15) is 19.4 Å². The van der Waals surface area contributed by atoms with Crippen LogP contribution in [-0.4, -0.2) is 57.4 Å². The van der Waals surface area contributed by atoms with Gasteiger partial charge in [-0.15, -0.1) is 0 Å². The van der Waals surface area contributed by atoms with Gasteiger partial charge in [-0.3, -0.25) is 4.79 Å². The van der Waals surface area contributed by atoms with E-state index in [0.29, 0.717) is 48.5 Å². The lowest BCUT2D eigenvalue weighted by Crippen LogP contribution is -2.28. The Kier molecular flexibility index (Phi) is 7.79. The number of nitrogens with one attached hydrogen (secondary N) is 1. The van der Waals surface area contributed by atoms with Gasteiger partial charge in [0.1, 0.15) is 19.8 Å². The molecule has 2 aromatic rings. The first-order chi connectivity index (χ1) is 14.6. The molecule has 0 saturated carbocycles. The van der Waals surface area contributed by atoms with Crippen LogP contribution in [0.3, 0.4) is 0 Å². The maximum atomic E-state index is 12.5. The van der Waals surface area contributed by atoms with E-state index in [1.165, 1.54) is 0 Å². The third-order valence-electron chi connectivity index (χ3n) is 4.98. The zero-order chi connectivity index (χ0) is 21.3. The van der Waals surface area contributed by atoms with Crippen LogP contribution in [0, 0.1) is 0 Å². The maximum absolute atomic E-state index is 12.5. The molecule has 1 N–H and O–H groups in total. The molecule has 2 aromatic carbocycles. The first kappa shape index (κ1) is 21.8. The predicted molar refractivity (Wildman–Crippen MR) is 116 cm³/mol. The smallest absolute Gasteiger partial charge is 0.228 e. The normalized spacial score (nSPS) is 12.5. The van der Waals surface area contributed by atoms with E-state index in [0.717, 1.165) is 25.2 Å². The van der Waals surface area contributed by atoms with Crippen LogP contribution in [0.4, 0.5) is 5.69 Å². The predicted octanol–water partition coefficient (Wildman–Crippen LogP) is 3.37. The van der Waals surface area contributed by atoms with Gasteiger partial charge < -0.3 is 29.2 Å². The highest BCUT2D eigenvalue weighted by Crippen LogP contribution is 2.32. The number of carbonyl (C=O) groups excluding carboxylic acids is 1. The molecule has 7 nitrogen and oxygen atoms in total. The van der Waals surface area contributed by atoms with Gasteiger partial charge in [-0.25, -0.2) is 0 Å². The molecule has 3 rings (SSSR count). The van der Waals surface area contributed by atoms with Gasteiger partial charge in [-0.1, -0.05) is 19.9 Å². The van der Waals surface area contributed by atoms with Crippen molar-refractivity contribution in [2.45, 2.75) is 20.3 Å². The second-order valence-corrected chi connectivity index (χ2v) is 6.94. The number of nitrogens with zero attached hydrogens (tertiary/aromatic N) is 1. The standard InChI is InChI=1S/C23H30N2O5/c1-4-25(5-2)10-11-28-22-16-18(7-9-19(22)27-3)24-23(26)15-17-6-8-20-21(14-17)30-13-12-29-20/h6-9,14,16H,4-5,10-13,15H2,1-3H3,(H,24,26). The summed E-state index contributed by atoms with van der Waals surface area (Å²) in [7, 11) is 1.60. The van der Waals surface area contributed by atoms with E-state index in [1.54, 1.807) is 25.3 Å². The fourth-order valence-electron chi connectivity index (χ4n) is 3.28. The Bertz CT molecular complexity index is 851. The molecule has 1 aliphatic heterocycles. The van der Waals surface area contributed by atoms with Gasteiger partial charge >= 0.3 is 0 Å². The molecule has 30 heavy (non-hydrogen) atoms. The molecular formula is C23H30N2O5. The summed E-state index contributed by atoms with van der Waals surface area (Å²) in [5.74, 6) is 2.53. The number of hydrogen-bond acceptors (Lipinski definition) is 6. The molecular weight excluding hydrogens is 384 g/mol. The quantitative estimate of drug-likeness (QED) is 0.643. The largest absolute Gasteiger partial charge is 0.493 e. The van der Waals surface area contributed by atoms with E-state index in [-0.39, 0.29) is 12.3 Å². The monoisotopic (exact) mass is 414 g/mol. The van der Waals surface area contributed by atoms with Crippen molar-refractivity contribution < 1.29 is 23.7 Å². The third-order valence-corrected chi connectivity index (χ3v) is 4.98. The number of anilines is 1. The van der Waals surface area contributed by atoms with Crippen molar-refractivity contribution in [2.24, 2.45) is 0 Å². The van der Waals surface area contributed by atoms with E-state index in [9.17, 15) is 4.79 Å². The number of carbonyl (C=O) groups is 1. The highest BCUT2D eigenvalue weighted by Gasteiger charge is 2.14. The average Bonchev–Trinajstić information content (AvgIpc) is 2.77. The van der Waals surface area contributed by atoms with Crippen LogP contribution >= 0.6 is 0 Å². The average molecular weight is 415 g/mol. The topological polar surface area (TPSA) is 69.3 Å². The van der Waals surface area contributed by atoms with Crippen LogP contribution in [0.25, 0.3) is 0 Å². The van der Waals surface area contributed by atoms with E-state index in [4.69, 9.17) is 18.9 Å². The molecule has 1 heterocycles. The lowest BCUT2D eigenvalue weighted by atomic mass is 10.1. The summed E-state index contributed by atoms with van der Waals surface area (Å²) in [4.78, 5) is 14.8. The number of hydrogen-bond donors (Lipinski definition) is 1. The van der Waals surface area contributed by atoms with Gasteiger partial charge in [0.25, 0.3) is 0 Å². The summed E-state index contributed by atoms with van der Waals surface area (Å²) in [5.41, 5.74) is 1.53. The lowest BCUT2D eigenvalue weighted by molar-refractivity contribution is -0.115. The summed E-state index contributed by atoms with van der Waals surface area (Å²) in [6, 6.07) is 11.0. The second kappa shape index (κ2) is 10.7. The molecule has 0 fully saturated rings. The molecule has 1 amide bonds. The minimum Gasteiger partial charge on any atom is -0.493 e. The molecule has 0 atom stereocenters. The molecule has 0 saturated heterocycles. The van der Waals surface area contributed by atoms with Gasteiger partial charge in [0.2, 0.25) is 5.91 Å². The second-order valence-electron chi connectivity index (χ2n) is 6.94. The highest BCUT2D eigenvalue weighted by atomic mass is 16.6. The minimum absolute atomic E-state index is 0.120. The summed E-state index contributed by atoms with van der Waals surface area (Å²) in [5, 5.41) is 2.93. The van der Waals surface area contributed by atoms with Crippen LogP contribution in [0.2, 0.25) is 0 Å². The van der Waals surface area contributed by atoms with Crippen molar-refractivity contribution in [1.82, 2.24) is 4.90 Å². The Hall–Kier alpha value is -2.93. The fraction of sp³-hybridized carbons (Fsp3) is 0.435.